The van der Waals surface area contributed by atoms with Gasteiger partial charge >= 0.3 is 0 Å². The predicted octanol–water partition coefficient (Wildman–Crippen LogP) is 0.982. The second-order valence-corrected chi connectivity index (χ2v) is 3.38. The van der Waals surface area contributed by atoms with E-state index in [4.69, 9.17) is 10.5 Å². The maximum absolute atomic E-state index is 5.45. The molecule has 0 spiro atoms. The molecule has 2 aromatic rings. The van der Waals surface area contributed by atoms with E-state index in [9.17, 15) is 0 Å². The van der Waals surface area contributed by atoms with Gasteiger partial charge in [0.15, 0.2) is 5.82 Å². The van der Waals surface area contributed by atoms with Crippen LogP contribution in [0.5, 0.6) is 5.75 Å². The fourth-order valence-corrected chi connectivity index (χ4v) is 1.44. The van der Waals surface area contributed by atoms with Crippen molar-refractivity contribution in [3.63, 3.8) is 0 Å². The first-order valence-electron chi connectivity index (χ1n) is 5.09. The molecule has 0 fully saturated rings. The van der Waals surface area contributed by atoms with Crippen LogP contribution in [0.2, 0.25) is 0 Å². The van der Waals surface area contributed by atoms with Crippen LogP contribution in [-0.2, 0) is 6.42 Å². The van der Waals surface area contributed by atoms with Crippen LogP contribution in [0.3, 0.4) is 0 Å². The van der Waals surface area contributed by atoms with Crippen LogP contribution in [0.25, 0.3) is 11.4 Å². The average Bonchev–Trinajstić information content (AvgIpc) is 2.78. The number of hydrogen-bond donors (Lipinski definition) is 2. The number of benzene rings is 1. The molecule has 5 heteroatoms. The molecule has 1 heterocycles. The zero-order valence-electron chi connectivity index (χ0n) is 9.10. The Hall–Kier alpha value is -1.88. The van der Waals surface area contributed by atoms with Crippen molar-refractivity contribution in [2.75, 3.05) is 13.7 Å². The summed E-state index contributed by atoms with van der Waals surface area (Å²) in [6.07, 6.45) is 0.705. The number of ether oxygens (including phenoxy) is 1. The van der Waals surface area contributed by atoms with Gasteiger partial charge in [0.2, 0.25) is 0 Å². The number of aromatic amines is 1. The van der Waals surface area contributed by atoms with E-state index in [-0.39, 0.29) is 0 Å². The highest BCUT2D eigenvalue weighted by atomic mass is 16.5. The first kappa shape index (κ1) is 10.6. The topological polar surface area (TPSA) is 76.8 Å². The Morgan fingerprint density at radius 3 is 3.06 bits per heavy atom. The third-order valence-corrected chi connectivity index (χ3v) is 2.24. The van der Waals surface area contributed by atoms with Crippen LogP contribution in [0, 0.1) is 0 Å². The fraction of sp³-hybridized carbons (Fsp3) is 0.273. The van der Waals surface area contributed by atoms with Crippen LogP contribution in [0.4, 0.5) is 0 Å². The van der Waals surface area contributed by atoms with E-state index >= 15 is 0 Å². The molecule has 0 radical (unpaired) electrons. The number of hydrogen-bond acceptors (Lipinski definition) is 4. The van der Waals surface area contributed by atoms with Crippen molar-refractivity contribution in [2.24, 2.45) is 5.73 Å². The summed E-state index contributed by atoms with van der Waals surface area (Å²) >= 11 is 0. The molecular formula is C11H14N4O. The minimum absolute atomic E-state index is 0.562. The van der Waals surface area contributed by atoms with Gasteiger partial charge in [-0.2, -0.15) is 5.10 Å². The third-order valence-electron chi connectivity index (χ3n) is 2.24. The van der Waals surface area contributed by atoms with Crippen molar-refractivity contribution in [1.29, 1.82) is 0 Å². The Balaban J connectivity index is 2.27. The summed E-state index contributed by atoms with van der Waals surface area (Å²) in [5.74, 6) is 2.27. The molecule has 0 aliphatic heterocycles. The maximum Gasteiger partial charge on any atom is 0.181 e. The Kier molecular flexibility index (Phi) is 3.16. The number of aromatic nitrogens is 3. The molecule has 1 aromatic carbocycles. The van der Waals surface area contributed by atoms with Gasteiger partial charge in [-0.1, -0.05) is 12.1 Å². The smallest absolute Gasteiger partial charge is 0.181 e. The van der Waals surface area contributed by atoms with Crippen LogP contribution in [-0.4, -0.2) is 28.8 Å². The second kappa shape index (κ2) is 4.76. The van der Waals surface area contributed by atoms with Gasteiger partial charge in [0.25, 0.3) is 0 Å². The second-order valence-electron chi connectivity index (χ2n) is 3.38. The number of methoxy groups -OCH3 is 1. The van der Waals surface area contributed by atoms with Gasteiger partial charge in [0.1, 0.15) is 11.6 Å². The molecule has 0 saturated heterocycles. The molecular weight excluding hydrogens is 204 g/mol. The highest BCUT2D eigenvalue weighted by molar-refractivity contribution is 5.57. The van der Waals surface area contributed by atoms with E-state index in [0.717, 1.165) is 17.1 Å². The number of nitrogens with two attached hydrogens (primary N) is 1. The number of rotatable bonds is 4. The standard InChI is InChI=1S/C11H14N4O/c1-16-9-4-2-3-8(7-9)11-13-10(5-6-12)14-15-11/h2-4,7H,5-6,12H2,1H3,(H,13,14,15). The van der Waals surface area contributed by atoms with E-state index in [1.54, 1.807) is 7.11 Å². The van der Waals surface area contributed by atoms with Gasteiger partial charge in [0, 0.05) is 12.0 Å². The lowest BCUT2D eigenvalue weighted by molar-refractivity contribution is 0.415. The average molecular weight is 218 g/mol. The Labute approximate surface area is 93.7 Å². The molecule has 0 amide bonds. The molecule has 5 nitrogen and oxygen atoms in total. The molecule has 0 bridgehead atoms. The van der Waals surface area contributed by atoms with Gasteiger partial charge in [-0.25, -0.2) is 4.98 Å². The normalized spacial score (nSPS) is 10.4. The van der Waals surface area contributed by atoms with E-state index in [2.05, 4.69) is 15.2 Å². The van der Waals surface area contributed by atoms with Gasteiger partial charge in [0.05, 0.1) is 7.11 Å². The third kappa shape index (κ3) is 2.20. The van der Waals surface area contributed by atoms with E-state index in [1.807, 2.05) is 24.3 Å². The van der Waals surface area contributed by atoms with Crippen molar-refractivity contribution in [1.82, 2.24) is 15.2 Å². The largest absolute Gasteiger partial charge is 0.497 e. The van der Waals surface area contributed by atoms with Crippen LogP contribution in [0.15, 0.2) is 24.3 Å². The predicted molar refractivity (Wildman–Crippen MR) is 61.1 cm³/mol. The summed E-state index contributed by atoms with van der Waals surface area (Å²) < 4.78 is 5.14. The molecule has 0 aliphatic carbocycles. The first-order chi connectivity index (χ1) is 7.83. The number of nitrogens with zero attached hydrogens (tertiary/aromatic N) is 2. The summed E-state index contributed by atoms with van der Waals surface area (Å²) in [6.45, 7) is 0.562. The lowest BCUT2D eigenvalue weighted by Crippen LogP contribution is -2.03. The lowest BCUT2D eigenvalue weighted by atomic mass is 10.2. The fourth-order valence-electron chi connectivity index (χ4n) is 1.44. The first-order valence-corrected chi connectivity index (χ1v) is 5.09. The Morgan fingerprint density at radius 2 is 2.31 bits per heavy atom. The van der Waals surface area contributed by atoms with Crippen molar-refractivity contribution in [3.8, 4) is 17.1 Å². The molecule has 1 aromatic heterocycles. The maximum atomic E-state index is 5.45. The molecule has 3 N–H and O–H groups in total. The molecule has 0 aliphatic rings. The summed E-state index contributed by atoms with van der Waals surface area (Å²) in [4.78, 5) is 4.34. The Morgan fingerprint density at radius 1 is 1.44 bits per heavy atom. The Bertz CT molecular complexity index is 467. The molecule has 0 atom stereocenters. The van der Waals surface area contributed by atoms with Crippen LogP contribution in [0.1, 0.15) is 5.82 Å². The van der Waals surface area contributed by atoms with Gasteiger partial charge in [-0.3, -0.25) is 5.10 Å². The summed E-state index contributed by atoms with van der Waals surface area (Å²) in [6, 6.07) is 7.64. The van der Waals surface area contributed by atoms with Crippen molar-refractivity contribution in [2.45, 2.75) is 6.42 Å². The molecule has 16 heavy (non-hydrogen) atoms. The van der Waals surface area contributed by atoms with Gasteiger partial charge in [-0.15, -0.1) is 0 Å². The number of H-pyrrole nitrogens is 1. The zero-order valence-corrected chi connectivity index (χ0v) is 9.10. The highest BCUT2D eigenvalue weighted by Gasteiger charge is 2.05. The van der Waals surface area contributed by atoms with Crippen molar-refractivity contribution in [3.05, 3.63) is 30.1 Å². The summed E-state index contributed by atoms with van der Waals surface area (Å²) in [5, 5.41) is 6.99. The molecule has 84 valence electrons. The minimum atomic E-state index is 0.562. The zero-order chi connectivity index (χ0) is 11.4. The van der Waals surface area contributed by atoms with Crippen molar-refractivity contribution >= 4 is 0 Å². The van der Waals surface area contributed by atoms with E-state index in [0.29, 0.717) is 18.8 Å². The lowest BCUT2D eigenvalue weighted by Gasteiger charge is -2.00. The highest BCUT2D eigenvalue weighted by Crippen LogP contribution is 2.20. The molecule has 0 saturated carbocycles. The van der Waals surface area contributed by atoms with Crippen LogP contribution < -0.4 is 10.5 Å². The van der Waals surface area contributed by atoms with Gasteiger partial charge in [-0.05, 0) is 18.7 Å². The molecule has 0 unspecified atom stereocenters. The molecule has 2 rings (SSSR count). The SMILES string of the molecule is COc1cccc(-c2n[nH]c(CCN)n2)c1. The quantitative estimate of drug-likeness (QED) is 0.802. The van der Waals surface area contributed by atoms with Crippen LogP contribution >= 0.6 is 0 Å². The van der Waals surface area contributed by atoms with E-state index < -0.39 is 0 Å². The van der Waals surface area contributed by atoms with Gasteiger partial charge < -0.3 is 10.5 Å². The summed E-state index contributed by atoms with van der Waals surface area (Å²) in [5.41, 5.74) is 6.38. The minimum Gasteiger partial charge on any atom is -0.497 e. The van der Waals surface area contributed by atoms with E-state index in [1.165, 1.54) is 0 Å². The monoisotopic (exact) mass is 218 g/mol. The number of nitrogens with one attached hydrogen (secondary N) is 1. The summed E-state index contributed by atoms with van der Waals surface area (Å²) in [7, 11) is 1.64. The van der Waals surface area contributed by atoms with Crippen molar-refractivity contribution < 1.29 is 4.74 Å².